The molecule has 1 aromatic heterocycles. The van der Waals surface area contributed by atoms with Crippen LogP contribution in [0.1, 0.15) is 36.0 Å². The van der Waals surface area contributed by atoms with Crippen molar-refractivity contribution in [3.63, 3.8) is 0 Å². The molecule has 16 heavy (non-hydrogen) atoms. The summed E-state index contributed by atoms with van der Waals surface area (Å²) in [6.07, 6.45) is 1.88. The molecule has 88 valence electrons. The van der Waals surface area contributed by atoms with Crippen LogP contribution in [0.3, 0.4) is 0 Å². The van der Waals surface area contributed by atoms with Gasteiger partial charge < -0.3 is 15.2 Å². The molecule has 1 saturated heterocycles. The van der Waals surface area contributed by atoms with Gasteiger partial charge in [-0.05, 0) is 39.8 Å². The Morgan fingerprint density at radius 3 is 2.81 bits per heavy atom. The third kappa shape index (κ3) is 2.41. The van der Waals surface area contributed by atoms with Crippen molar-refractivity contribution < 1.29 is 9.32 Å². The number of nitrogens with zero attached hydrogens (tertiary/aromatic N) is 1. The van der Waals surface area contributed by atoms with Gasteiger partial charge in [0.2, 0.25) is 0 Å². The van der Waals surface area contributed by atoms with E-state index in [2.05, 4.69) is 22.7 Å². The standard InChI is InChI=1S/C11H17N3O2/c1-8-7-9(14-16-8)10(15)13-11(2)3-5-12-6-4-11/h7,12H,3-6H2,1-2H3,(H,13,15). The minimum atomic E-state index is -0.152. The van der Waals surface area contributed by atoms with Crippen molar-refractivity contribution in [3.05, 3.63) is 17.5 Å². The number of aromatic nitrogens is 1. The van der Waals surface area contributed by atoms with E-state index in [9.17, 15) is 4.79 Å². The summed E-state index contributed by atoms with van der Waals surface area (Å²) in [6, 6.07) is 1.65. The maximum atomic E-state index is 11.9. The predicted octanol–water partition coefficient (Wildman–Crippen LogP) is 0.855. The summed E-state index contributed by atoms with van der Waals surface area (Å²) >= 11 is 0. The molecule has 0 unspecified atom stereocenters. The lowest BCUT2D eigenvalue weighted by Crippen LogP contribution is -2.52. The van der Waals surface area contributed by atoms with E-state index in [1.165, 1.54) is 0 Å². The lowest BCUT2D eigenvalue weighted by atomic mass is 9.90. The number of piperidine rings is 1. The average molecular weight is 223 g/mol. The van der Waals surface area contributed by atoms with Gasteiger partial charge >= 0.3 is 0 Å². The summed E-state index contributed by atoms with van der Waals surface area (Å²) in [6.45, 7) is 5.72. The Kier molecular flexibility index (Phi) is 2.96. The Morgan fingerprint density at radius 2 is 2.25 bits per heavy atom. The Bertz CT molecular complexity index is 380. The molecule has 2 N–H and O–H groups in total. The summed E-state index contributed by atoms with van der Waals surface area (Å²) in [5, 5.41) is 10.0. The minimum Gasteiger partial charge on any atom is -0.361 e. The Morgan fingerprint density at radius 1 is 1.56 bits per heavy atom. The number of hydrogen-bond acceptors (Lipinski definition) is 4. The first-order valence-electron chi connectivity index (χ1n) is 5.56. The highest BCUT2D eigenvalue weighted by atomic mass is 16.5. The zero-order valence-corrected chi connectivity index (χ0v) is 9.67. The summed E-state index contributed by atoms with van der Waals surface area (Å²) < 4.78 is 4.88. The molecular formula is C11H17N3O2. The topological polar surface area (TPSA) is 67.2 Å². The summed E-state index contributed by atoms with van der Waals surface area (Å²) in [5.41, 5.74) is 0.229. The Hall–Kier alpha value is -1.36. The van der Waals surface area contributed by atoms with Crippen LogP contribution in [0.15, 0.2) is 10.6 Å². The third-order valence-corrected chi connectivity index (χ3v) is 2.98. The number of rotatable bonds is 2. The zero-order valence-electron chi connectivity index (χ0n) is 9.67. The molecule has 0 saturated carbocycles. The molecule has 5 heteroatoms. The second kappa shape index (κ2) is 4.25. The average Bonchev–Trinajstić information content (AvgIpc) is 2.65. The van der Waals surface area contributed by atoms with E-state index in [1.54, 1.807) is 13.0 Å². The fourth-order valence-electron chi connectivity index (χ4n) is 1.92. The van der Waals surface area contributed by atoms with Crippen molar-refractivity contribution in [2.45, 2.75) is 32.2 Å². The first kappa shape index (κ1) is 11.1. The first-order chi connectivity index (χ1) is 7.59. The monoisotopic (exact) mass is 223 g/mol. The van der Waals surface area contributed by atoms with Crippen LogP contribution in [-0.2, 0) is 0 Å². The number of hydrogen-bond donors (Lipinski definition) is 2. The van der Waals surface area contributed by atoms with Gasteiger partial charge in [-0.15, -0.1) is 0 Å². The van der Waals surface area contributed by atoms with Gasteiger partial charge in [-0.1, -0.05) is 5.16 Å². The van der Waals surface area contributed by atoms with Crippen LogP contribution in [0.2, 0.25) is 0 Å². The first-order valence-corrected chi connectivity index (χ1v) is 5.56. The number of amides is 1. The van der Waals surface area contributed by atoms with E-state index in [1.807, 2.05) is 0 Å². The van der Waals surface area contributed by atoms with Crippen molar-refractivity contribution >= 4 is 5.91 Å². The Balaban J connectivity index is 2.01. The van der Waals surface area contributed by atoms with Crippen molar-refractivity contribution in [2.75, 3.05) is 13.1 Å². The zero-order chi connectivity index (χ0) is 11.6. The largest absolute Gasteiger partial charge is 0.361 e. The summed E-state index contributed by atoms with van der Waals surface area (Å²) in [5.74, 6) is 0.502. The molecule has 0 atom stereocenters. The van der Waals surface area contributed by atoms with E-state index in [4.69, 9.17) is 4.52 Å². The lowest BCUT2D eigenvalue weighted by molar-refractivity contribution is 0.0878. The van der Waals surface area contributed by atoms with Crippen LogP contribution in [0.5, 0.6) is 0 Å². The number of nitrogens with one attached hydrogen (secondary N) is 2. The van der Waals surface area contributed by atoms with Gasteiger partial charge in [0.15, 0.2) is 5.69 Å². The van der Waals surface area contributed by atoms with E-state index in [-0.39, 0.29) is 11.4 Å². The second-order valence-electron chi connectivity index (χ2n) is 4.59. The Labute approximate surface area is 94.6 Å². The second-order valence-corrected chi connectivity index (χ2v) is 4.59. The van der Waals surface area contributed by atoms with Gasteiger partial charge in [0.1, 0.15) is 5.76 Å². The van der Waals surface area contributed by atoms with Crippen LogP contribution >= 0.6 is 0 Å². The molecule has 1 aliphatic rings. The molecule has 0 radical (unpaired) electrons. The summed E-state index contributed by atoms with van der Waals surface area (Å²) in [4.78, 5) is 11.9. The van der Waals surface area contributed by atoms with E-state index >= 15 is 0 Å². The van der Waals surface area contributed by atoms with E-state index in [0.29, 0.717) is 11.5 Å². The minimum absolute atomic E-state index is 0.130. The molecule has 1 aliphatic heterocycles. The molecule has 2 heterocycles. The van der Waals surface area contributed by atoms with Crippen molar-refractivity contribution in [2.24, 2.45) is 0 Å². The molecular weight excluding hydrogens is 206 g/mol. The highest BCUT2D eigenvalue weighted by Gasteiger charge is 2.29. The number of aryl methyl sites for hydroxylation is 1. The SMILES string of the molecule is Cc1cc(C(=O)NC2(C)CCNCC2)no1. The van der Waals surface area contributed by atoms with Crippen LogP contribution in [0.25, 0.3) is 0 Å². The molecule has 0 aliphatic carbocycles. The van der Waals surface area contributed by atoms with E-state index < -0.39 is 0 Å². The molecule has 1 amide bonds. The normalized spacial score (nSPS) is 19.4. The van der Waals surface area contributed by atoms with Crippen LogP contribution in [0.4, 0.5) is 0 Å². The third-order valence-electron chi connectivity index (χ3n) is 2.98. The number of carbonyl (C=O) groups excluding carboxylic acids is 1. The van der Waals surface area contributed by atoms with Crippen LogP contribution in [0, 0.1) is 6.92 Å². The molecule has 1 fully saturated rings. The van der Waals surface area contributed by atoms with Gasteiger partial charge in [0, 0.05) is 11.6 Å². The number of carbonyl (C=O) groups is 1. The van der Waals surface area contributed by atoms with Crippen LogP contribution in [-0.4, -0.2) is 29.7 Å². The molecule has 0 bridgehead atoms. The van der Waals surface area contributed by atoms with Gasteiger partial charge in [0.25, 0.3) is 5.91 Å². The highest BCUT2D eigenvalue weighted by Crippen LogP contribution is 2.17. The predicted molar refractivity (Wildman–Crippen MR) is 59.2 cm³/mol. The maximum absolute atomic E-state index is 11.9. The van der Waals surface area contributed by atoms with Gasteiger partial charge in [0.05, 0.1) is 0 Å². The van der Waals surface area contributed by atoms with Crippen molar-refractivity contribution in [1.29, 1.82) is 0 Å². The van der Waals surface area contributed by atoms with Crippen molar-refractivity contribution in [1.82, 2.24) is 15.8 Å². The molecule has 0 aromatic carbocycles. The van der Waals surface area contributed by atoms with Crippen molar-refractivity contribution in [3.8, 4) is 0 Å². The molecule has 5 nitrogen and oxygen atoms in total. The summed E-state index contributed by atoms with van der Waals surface area (Å²) in [7, 11) is 0. The lowest BCUT2D eigenvalue weighted by Gasteiger charge is -2.34. The van der Waals surface area contributed by atoms with Gasteiger partial charge in [-0.25, -0.2) is 0 Å². The smallest absolute Gasteiger partial charge is 0.273 e. The molecule has 2 rings (SSSR count). The quantitative estimate of drug-likeness (QED) is 0.780. The maximum Gasteiger partial charge on any atom is 0.273 e. The molecule has 1 aromatic rings. The fourth-order valence-corrected chi connectivity index (χ4v) is 1.92. The van der Waals surface area contributed by atoms with Gasteiger partial charge in [-0.2, -0.15) is 0 Å². The fraction of sp³-hybridized carbons (Fsp3) is 0.636. The van der Waals surface area contributed by atoms with E-state index in [0.717, 1.165) is 25.9 Å². The highest BCUT2D eigenvalue weighted by molar-refractivity contribution is 5.92. The van der Waals surface area contributed by atoms with Gasteiger partial charge in [-0.3, -0.25) is 4.79 Å². The van der Waals surface area contributed by atoms with Crippen LogP contribution < -0.4 is 10.6 Å². The molecule has 0 spiro atoms.